The van der Waals surface area contributed by atoms with Crippen LogP contribution in [0.25, 0.3) is 0 Å². The van der Waals surface area contributed by atoms with Gasteiger partial charge in [-0.05, 0) is 55.4 Å². The number of hydrogen-bond donors (Lipinski definition) is 1. The van der Waals surface area contributed by atoms with Gasteiger partial charge in [-0.2, -0.15) is 0 Å². The fourth-order valence-electron chi connectivity index (χ4n) is 4.42. The number of ether oxygens (including phenoxy) is 2. The Bertz CT molecular complexity index is 920. The first-order chi connectivity index (χ1) is 15.7. The van der Waals surface area contributed by atoms with Crippen LogP contribution in [0.4, 0.5) is 0 Å². The second-order valence-electron chi connectivity index (χ2n) is 8.44. The average molecular weight is 438 g/mol. The number of morpholine rings is 1. The molecule has 2 aliphatic rings. The highest BCUT2D eigenvalue weighted by molar-refractivity contribution is 5.87. The molecule has 1 spiro atoms. The lowest BCUT2D eigenvalue weighted by Gasteiger charge is -2.42. The number of carbonyl (C=O) groups excluding carboxylic acids is 2. The number of benzene rings is 1. The third kappa shape index (κ3) is 5.46. The van der Waals surface area contributed by atoms with E-state index in [0.717, 1.165) is 30.6 Å². The van der Waals surface area contributed by atoms with Gasteiger partial charge in [0.25, 0.3) is 5.91 Å². The molecule has 2 aromatic rings. The summed E-state index contributed by atoms with van der Waals surface area (Å²) >= 11 is 0. The number of hydrogen-bond acceptors (Lipinski definition) is 5. The molecule has 2 amide bonds. The molecule has 0 aliphatic carbocycles. The Morgan fingerprint density at radius 1 is 1.16 bits per heavy atom. The number of carbonyl (C=O) groups is 2. The van der Waals surface area contributed by atoms with Crippen molar-refractivity contribution >= 4 is 11.8 Å². The predicted octanol–water partition coefficient (Wildman–Crippen LogP) is 2.53. The lowest BCUT2D eigenvalue weighted by Crippen LogP contribution is -2.61. The molecule has 0 bridgehead atoms. The fourth-order valence-corrected chi connectivity index (χ4v) is 4.42. The Morgan fingerprint density at radius 2 is 2.06 bits per heavy atom. The van der Waals surface area contributed by atoms with Crippen molar-refractivity contribution < 1.29 is 19.1 Å². The first-order valence-electron chi connectivity index (χ1n) is 11.5. The van der Waals surface area contributed by atoms with Crippen LogP contribution in [0.15, 0.2) is 48.8 Å². The number of pyridine rings is 1. The first-order valence-corrected chi connectivity index (χ1v) is 11.5. The molecule has 1 aromatic heterocycles. The molecule has 1 fully saturated rings. The second-order valence-corrected chi connectivity index (χ2v) is 8.44. The lowest BCUT2D eigenvalue weighted by atomic mass is 9.91. The summed E-state index contributed by atoms with van der Waals surface area (Å²) in [6, 6.07) is 11.9. The number of para-hydroxylation sites is 1. The SMILES string of the molecule is O=C(CCc1cccnc1)N1CCOC2(CCCCc3ccccc3OCCNC2=O)C1. The summed E-state index contributed by atoms with van der Waals surface area (Å²) in [5, 5.41) is 2.97. The van der Waals surface area contributed by atoms with E-state index in [0.29, 0.717) is 52.1 Å². The molecule has 0 saturated carbocycles. The van der Waals surface area contributed by atoms with Gasteiger partial charge in [0, 0.05) is 25.4 Å². The molecule has 1 N–H and O–H groups in total. The van der Waals surface area contributed by atoms with Crippen molar-refractivity contribution in [3.8, 4) is 5.75 Å². The summed E-state index contributed by atoms with van der Waals surface area (Å²) < 4.78 is 12.0. The van der Waals surface area contributed by atoms with Crippen molar-refractivity contribution in [3.05, 3.63) is 59.9 Å². The van der Waals surface area contributed by atoms with E-state index in [1.165, 1.54) is 5.56 Å². The first kappa shape index (κ1) is 22.3. The molecular weight excluding hydrogens is 406 g/mol. The fraction of sp³-hybridized carbons (Fsp3) is 0.480. The van der Waals surface area contributed by atoms with Crippen LogP contribution in [-0.2, 0) is 27.2 Å². The number of rotatable bonds is 3. The van der Waals surface area contributed by atoms with Crippen LogP contribution in [0, 0.1) is 0 Å². The van der Waals surface area contributed by atoms with Crippen LogP contribution in [0.5, 0.6) is 5.75 Å². The number of nitrogens with one attached hydrogen (secondary N) is 1. The quantitative estimate of drug-likeness (QED) is 0.798. The molecule has 2 aliphatic heterocycles. The number of nitrogens with zero attached hydrogens (tertiary/aromatic N) is 2. The minimum atomic E-state index is -0.999. The van der Waals surface area contributed by atoms with Crippen LogP contribution in [0.2, 0.25) is 0 Å². The maximum absolute atomic E-state index is 13.2. The minimum absolute atomic E-state index is 0.0488. The van der Waals surface area contributed by atoms with Crippen molar-refractivity contribution in [2.24, 2.45) is 0 Å². The van der Waals surface area contributed by atoms with E-state index in [1.807, 2.05) is 30.3 Å². The molecule has 7 nitrogen and oxygen atoms in total. The van der Waals surface area contributed by atoms with E-state index in [1.54, 1.807) is 17.3 Å². The van der Waals surface area contributed by atoms with Gasteiger partial charge in [0.2, 0.25) is 5.91 Å². The predicted molar refractivity (Wildman–Crippen MR) is 120 cm³/mol. The zero-order valence-electron chi connectivity index (χ0n) is 18.4. The minimum Gasteiger partial charge on any atom is -0.491 e. The maximum Gasteiger partial charge on any atom is 0.254 e. The zero-order chi connectivity index (χ0) is 22.2. The number of fused-ring (bicyclic) bond motifs is 1. The third-order valence-electron chi connectivity index (χ3n) is 6.20. The number of aromatic nitrogens is 1. The van der Waals surface area contributed by atoms with Gasteiger partial charge in [-0.1, -0.05) is 24.3 Å². The van der Waals surface area contributed by atoms with Gasteiger partial charge in [0.15, 0.2) is 5.60 Å². The monoisotopic (exact) mass is 437 g/mol. The topological polar surface area (TPSA) is 80.8 Å². The van der Waals surface area contributed by atoms with E-state index in [-0.39, 0.29) is 11.8 Å². The average Bonchev–Trinajstić information content (AvgIpc) is 2.83. The van der Waals surface area contributed by atoms with Crippen molar-refractivity contribution in [1.29, 1.82) is 0 Å². The van der Waals surface area contributed by atoms with Crippen LogP contribution in [0.3, 0.4) is 0 Å². The van der Waals surface area contributed by atoms with Gasteiger partial charge in [0.05, 0.1) is 19.7 Å². The van der Waals surface area contributed by atoms with Crippen molar-refractivity contribution in [1.82, 2.24) is 15.2 Å². The Kier molecular flexibility index (Phi) is 7.37. The third-order valence-corrected chi connectivity index (χ3v) is 6.20. The molecule has 1 unspecified atom stereocenters. The van der Waals surface area contributed by atoms with Gasteiger partial charge in [-0.25, -0.2) is 0 Å². The standard InChI is InChI=1S/C25H31N3O4/c29-23(11-10-20-6-5-13-26-18-20)28-15-17-32-25(19-28)12-4-3-8-21-7-1-2-9-22(21)31-16-14-27-24(25)30/h1-2,5-7,9,13,18H,3-4,8,10-12,14-17,19H2,(H,27,30). The van der Waals surface area contributed by atoms with Crippen molar-refractivity contribution in [3.63, 3.8) is 0 Å². The molecule has 32 heavy (non-hydrogen) atoms. The van der Waals surface area contributed by atoms with Gasteiger partial charge in [-0.3, -0.25) is 14.6 Å². The van der Waals surface area contributed by atoms with Crippen molar-refractivity contribution in [2.75, 3.05) is 32.8 Å². The summed E-state index contributed by atoms with van der Waals surface area (Å²) in [6.07, 6.45) is 7.79. The summed E-state index contributed by atoms with van der Waals surface area (Å²) in [5.74, 6) is 0.781. The van der Waals surface area contributed by atoms with Gasteiger partial charge in [0.1, 0.15) is 12.4 Å². The summed E-state index contributed by atoms with van der Waals surface area (Å²) in [6.45, 7) is 1.96. The van der Waals surface area contributed by atoms with Crippen LogP contribution >= 0.6 is 0 Å². The van der Waals surface area contributed by atoms with Crippen LogP contribution in [0.1, 0.15) is 36.8 Å². The number of amides is 2. The Hall–Kier alpha value is -2.93. The molecule has 1 atom stereocenters. The highest BCUT2D eigenvalue weighted by Gasteiger charge is 2.44. The van der Waals surface area contributed by atoms with Crippen molar-refractivity contribution in [2.45, 2.75) is 44.1 Å². The molecular formula is C25H31N3O4. The molecule has 1 saturated heterocycles. The Balaban J connectivity index is 1.41. The maximum atomic E-state index is 13.2. The number of aryl methyl sites for hydroxylation is 2. The Morgan fingerprint density at radius 3 is 2.94 bits per heavy atom. The molecule has 1 aromatic carbocycles. The smallest absolute Gasteiger partial charge is 0.254 e. The van der Waals surface area contributed by atoms with Gasteiger partial charge < -0.3 is 19.7 Å². The lowest BCUT2D eigenvalue weighted by molar-refractivity contribution is -0.167. The highest BCUT2D eigenvalue weighted by Crippen LogP contribution is 2.28. The largest absolute Gasteiger partial charge is 0.491 e. The summed E-state index contributed by atoms with van der Waals surface area (Å²) in [4.78, 5) is 32.0. The van der Waals surface area contributed by atoms with E-state index in [4.69, 9.17) is 9.47 Å². The molecule has 7 heteroatoms. The zero-order valence-corrected chi connectivity index (χ0v) is 18.4. The Labute approximate surface area is 189 Å². The van der Waals surface area contributed by atoms with Gasteiger partial charge >= 0.3 is 0 Å². The van der Waals surface area contributed by atoms with E-state index >= 15 is 0 Å². The highest BCUT2D eigenvalue weighted by atomic mass is 16.5. The van der Waals surface area contributed by atoms with Crippen LogP contribution in [-0.4, -0.2) is 60.1 Å². The van der Waals surface area contributed by atoms with E-state index < -0.39 is 5.60 Å². The van der Waals surface area contributed by atoms with Gasteiger partial charge in [-0.15, -0.1) is 0 Å². The summed E-state index contributed by atoms with van der Waals surface area (Å²) in [5.41, 5.74) is 1.22. The second kappa shape index (κ2) is 10.6. The normalized spacial score (nSPS) is 22.1. The summed E-state index contributed by atoms with van der Waals surface area (Å²) in [7, 11) is 0. The van der Waals surface area contributed by atoms with E-state index in [9.17, 15) is 9.59 Å². The van der Waals surface area contributed by atoms with E-state index in [2.05, 4.69) is 16.4 Å². The van der Waals surface area contributed by atoms with Crippen LogP contribution < -0.4 is 10.1 Å². The molecule has 4 rings (SSSR count). The molecule has 3 heterocycles. The molecule has 170 valence electrons. The molecule has 0 radical (unpaired) electrons.